The number of likely N-dealkylation sites (tertiary alicyclic amines) is 1. The van der Waals surface area contributed by atoms with Crippen LogP contribution < -0.4 is 0 Å². The lowest BCUT2D eigenvalue weighted by Gasteiger charge is -2.17. The van der Waals surface area contributed by atoms with Crippen LogP contribution in [0.3, 0.4) is 0 Å². The molecule has 2 rings (SSSR count). The van der Waals surface area contributed by atoms with Crippen LogP contribution >= 0.6 is 0 Å². The number of hydrogen-bond donors (Lipinski definition) is 1. The van der Waals surface area contributed by atoms with E-state index in [2.05, 4.69) is 16.9 Å². The largest absolute Gasteiger partial charge is 0.481 e. The fourth-order valence-electron chi connectivity index (χ4n) is 2.23. The molecule has 5 nitrogen and oxygen atoms in total. The van der Waals surface area contributed by atoms with Gasteiger partial charge in [0.25, 0.3) is 0 Å². The van der Waals surface area contributed by atoms with Crippen LogP contribution in [-0.4, -0.2) is 34.6 Å². The molecule has 1 aromatic heterocycles. The molecule has 0 radical (unpaired) electrons. The molecule has 1 atom stereocenters. The average Bonchev–Trinajstić information content (AvgIpc) is 2.71. The molecule has 16 heavy (non-hydrogen) atoms. The summed E-state index contributed by atoms with van der Waals surface area (Å²) in [5.41, 5.74) is 0.899. The Kier molecular flexibility index (Phi) is 2.96. The van der Waals surface area contributed by atoms with Gasteiger partial charge in [-0.1, -0.05) is 0 Å². The Bertz CT molecular complexity index is 400. The Labute approximate surface area is 94.1 Å². The first-order valence-electron chi connectivity index (χ1n) is 5.46. The highest BCUT2D eigenvalue weighted by molar-refractivity contribution is 5.68. The van der Waals surface area contributed by atoms with Gasteiger partial charge in [-0.05, 0) is 33.4 Å². The van der Waals surface area contributed by atoms with E-state index in [1.54, 1.807) is 0 Å². The van der Waals surface area contributed by atoms with Crippen LogP contribution in [0.5, 0.6) is 0 Å². The minimum absolute atomic E-state index is 0.142. The highest BCUT2D eigenvalue weighted by atomic mass is 16.4. The minimum Gasteiger partial charge on any atom is -0.481 e. The van der Waals surface area contributed by atoms with Crippen molar-refractivity contribution in [3.05, 3.63) is 17.3 Å². The smallest absolute Gasteiger partial charge is 0.312 e. The van der Waals surface area contributed by atoms with Gasteiger partial charge in [-0.15, -0.1) is 0 Å². The summed E-state index contributed by atoms with van der Waals surface area (Å²) in [4.78, 5) is 17.1. The molecule has 1 N–H and O–H groups in total. The summed E-state index contributed by atoms with van der Waals surface area (Å²) in [6.07, 6.45) is 2.08. The van der Waals surface area contributed by atoms with Crippen molar-refractivity contribution in [1.82, 2.24) is 9.88 Å². The number of hydrogen-bond acceptors (Lipinski definition) is 4. The van der Waals surface area contributed by atoms with Crippen LogP contribution in [0.15, 0.2) is 4.42 Å². The quantitative estimate of drug-likeness (QED) is 0.840. The monoisotopic (exact) mass is 224 g/mol. The van der Waals surface area contributed by atoms with Gasteiger partial charge in [-0.25, -0.2) is 4.98 Å². The zero-order chi connectivity index (χ0) is 11.7. The number of nitrogens with zero attached hydrogens (tertiary/aromatic N) is 2. The van der Waals surface area contributed by atoms with Crippen molar-refractivity contribution in [2.75, 3.05) is 13.6 Å². The molecule has 0 aromatic carbocycles. The third-order valence-electron chi connectivity index (χ3n) is 3.02. The summed E-state index contributed by atoms with van der Waals surface area (Å²) in [7, 11) is 2.06. The molecule has 1 aliphatic rings. The minimum atomic E-state index is -0.910. The Balaban J connectivity index is 2.21. The lowest BCUT2D eigenvalue weighted by Crippen LogP contribution is -2.18. The maximum Gasteiger partial charge on any atom is 0.312 e. The molecule has 1 aliphatic heterocycles. The van der Waals surface area contributed by atoms with Crippen molar-refractivity contribution in [1.29, 1.82) is 0 Å². The van der Waals surface area contributed by atoms with E-state index in [1.165, 1.54) is 0 Å². The summed E-state index contributed by atoms with van der Waals surface area (Å²) in [5, 5.41) is 8.67. The molecule has 0 bridgehead atoms. The summed E-state index contributed by atoms with van der Waals surface area (Å²) in [6, 6.07) is 0.284. The summed E-state index contributed by atoms with van der Waals surface area (Å²) in [5.74, 6) is 0.142. The zero-order valence-electron chi connectivity index (χ0n) is 9.56. The van der Waals surface area contributed by atoms with Crippen LogP contribution in [-0.2, 0) is 11.2 Å². The van der Waals surface area contributed by atoms with Crippen LogP contribution in [0.25, 0.3) is 0 Å². The molecule has 88 valence electrons. The molecule has 1 saturated heterocycles. The standard InChI is InChI=1S/C11H16N2O3/c1-7-11(8-4-3-5-13(8)2)12-9(16-7)6-10(14)15/h8H,3-6H2,1-2H3,(H,14,15). The van der Waals surface area contributed by atoms with Crippen LogP contribution in [0.1, 0.15) is 36.2 Å². The van der Waals surface area contributed by atoms with Gasteiger partial charge >= 0.3 is 5.97 Å². The lowest BCUT2D eigenvalue weighted by molar-refractivity contribution is -0.136. The first kappa shape index (κ1) is 11.1. The molecule has 5 heteroatoms. The van der Waals surface area contributed by atoms with E-state index in [9.17, 15) is 4.79 Å². The van der Waals surface area contributed by atoms with Crippen molar-refractivity contribution < 1.29 is 14.3 Å². The SMILES string of the molecule is Cc1oc(CC(=O)O)nc1C1CCCN1C. The Hall–Kier alpha value is -1.36. The van der Waals surface area contributed by atoms with Crippen molar-refractivity contribution in [2.24, 2.45) is 0 Å². The Morgan fingerprint density at radius 2 is 2.44 bits per heavy atom. The third-order valence-corrected chi connectivity index (χ3v) is 3.02. The van der Waals surface area contributed by atoms with Crippen molar-refractivity contribution in [3.8, 4) is 0 Å². The van der Waals surface area contributed by atoms with Crippen LogP contribution in [0.2, 0.25) is 0 Å². The molecule has 1 aromatic rings. The van der Waals surface area contributed by atoms with Gasteiger partial charge in [0, 0.05) is 0 Å². The average molecular weight is 224 g/mol. The lowest BCUT2D eigenvalue weighted by atomic mass is 10.1. The van der Waals surface area contributed by atoms with Gasteiger partial charge in [0.1, 0.15) is 12.2 Å². The van der Waals surface area contributed by atoms with E-state index < -0.39 is 5.97 Å². The first-order chi connectivity index (χ1) is 7.58. The fourth-order valence-corrected chi connectivity index (χ4v) is 2.23. The van der Waals surface area contributed by atoms with Crippen LogP contribution in [0.4, 0.5) is 0 Å². The van der Waals surface area contributed by atoms with E-state index in [0.29, 0.717) is 5.89 Å². The second-order valence-electron chi connectivity index (χ2n) is 4.26. The van der Waals surface area contributed by atoms with Gasteiger partial charge in [-0.3, -0.25) is 9.69 Å². The van der Waals surface area contributed by atoms with Gasteiger partial charge in [-0.2, -0.15) is 0 Å². The predicted molar refractivity (Wildman–Crippen MR) is 57.2 cm³/mol. The second-order valence-corrected chi connectivity index (χ2v) is 4.26. The maximum atomic E-state index is 10.6. The number of carboxylic acids is 1. The topological polar surface area (TPSA) is 66.6 Å². The second kappa shape index (κ2) is 4.25. The number of carbonyl (C=O) groups is 1. The summed E-state index contributed by atoms with van der Waals surface area (Å²) < 4.78 is 5.37. The normalized spacial score (nSPS) is 21.5. The molecule has 1 unspecified atom stereocenters. The number of carboxylic acid groups (broad SMARTS) is 1. The number of aryl methyl sites for hydroxylation is 1. The molecule has 2 heterocycles. The van der Waals surface area contributed by atoms with E-state index in [0.717, 1.165) is 30.8 Å². The summed E-state index contributed by atoms with van der Waals surface area (Å²) >= 11 is 0. The van der Waals surface area contributed by atoms with Gasteiger partial charge in [0.2, 0.25) is 5.89 Å². The Morgan fingerprint density at radius 3 is 3.00 bits per heavy atom. The van der Waals surface area contributed by atoms with Gasteiger partial charge in [0.15, 0.2) is 0 Å². The van der Waals surface area contributed by atoms with Crippen molar-refractivity contribution in [2.45, 2.75) is 32.2 Å². The van der Waals surface area contributed by atoms with Crippen molar-refractivity contribution >= 4 is 5.97 Å². The predicted octanol–water partition coefficient (Wildman–Crippen LogP) is 1.38. The van der Waals surface area contributed by atoms with E-state index >= 15 is 0 Å². The molecule has 0 spiro atoms. The molecule has 0 amide bonds. The molecular formula is C11H16N2O3. The summed E-state index contributed by atoms with van der Waals surface area (Å²) in [6.45, 7) is 2.91. The highest BCUT2D eigenvalue weighted by Crippen LogP contribution is 2.31. The Morgan fingerprint density at radius 1 is 1.69 bits per heavy atom. The highest BCUT2D eigenvalue weighted by Gasteiger charge is 2.27. The molecule has 0 saturated carbocycles. The number of oxazole rings is 1. The fraction of sp³-hybridized carbons (Fsp3) is 0.636. The number of aliphatic carboxylic acids is 1. The van der Waals surface area contributed by atoms with Gasteiger partial charge in [0.05, 0.1) is 11.7 Å². The number of rotatable bonds is 3. The molecule has 0 aliphatic carbocycles. The van der Waals surface area contributed by atoms with Crippen LogP contribution in [0, 0.1) is 6.92 Å². The molecule has 1 fully saturated rings. The van der Waals surface area contributed by atoms with Gasteiger partial charge < -0.3 is 9.52 Å². The third kappa shape index (κ3) is 2.09. The van der Waals surface area contributed by atoms with E-state index in [1.807, 2.05) is 6.92 Å². The molecular weight excluding hydrogens is 208 g/mol. The zero-order valence-corrected chi connectivity index (χ0v) is 9.56. The number of aromatic nitrogens is 1. The maximum absolute atomic E-state index is 10.6. The van der Waals surface area contributed by atoms with Crippen molar-refractivity contribution in [3.63, 3.8) is 0 Å². The first-order valence-corrected chi connectivity index (χ1v) is 5.46. The van der Waals surface area contributed by atoms with E-state index in [-0.39, 0.29) is 12.5 Å². The van der Waals surface area contributed by atoms with E-state index in [4.69, 9.17) is 9.52 Å².